The Bertz CT molecular complexity index is 467. The summed E-state index contributed by atoms with van der Waals surface area (Å²) >= 11 is 8.40. The average molecular weight is 341 g/mol. The zero-order valence-electron chi connectivity index (χ0n) is 10.6. The molecule has 1 heterocycles. The maximum Gasteiger partial charge on any atom is 0.226 e. The van der Waals surface area contributed by atoms with Crippen LogP contribution >= 0.6 is 28.1 Å². The number of nitrogens with two attached hydrogens (primary N) is 1. The highest BCUT2D eigenvalue weighted by molar-refractivity contribution is 9.10. The molecule has 2 rings (SSSR count). The highest BCUT2D eigenvalue weighted by Crippen LogP contribution is 2.18. The fraction of sp³-hybridized carbons (Fsp3) is 0.429. The first-order valence-corrected chi connectivity index (χ1v) is 7.58. The lowest BCUT2D eigenvalue weighted by molar-refractivity contribution is -0.131. The quantitative estimate of drug-likeness (QED) is 0.860. The van der Waals surface area contributed by atoms with Crippen molar-refractivity contribution >= 4 is 39.0 Å². The van der Waals surface area contributed by atoms with Gasteiger partial charge in [0.05, 0.1) is 11.4 Å². The second kappa shape index (κ2) is 6.48. The number of hydrogen-bond donors (Lipinski definition) is 1. The minimum absolute atomic E-state index is 0.184. The van der Waals surface area contributed by atoms with Crippen LogP contribution in [0.25, 0.3) is 0 Å². The van der Waals surface area contributed by atoms with Crippen molar-refractivity contribution in [3.63, 3.8) is 0 Å². The number of thiocarbonyl (C=S) groups is 1. The molecule has 1 aromatic carbocycles. The van der Waals surface area contributed by atoms with Crippen LogP contribution in [0, 0.1) is 5.92 Å². The highest BCUT2D eigenvalue weighted by Gasteiger charge is 2.24. The number of carbonyl (C=O) groups excluding carboxylic acids is 1. The van der Waals surface area contributed by atoms with E-state index < -0.39 is 0 Å². The molecule has 5 heteroatoms. The molecule has 0 saturated carbocycles. The monoisotopic (exact) mass is 340 g/mol. The molecule has 0 atom stereocenters. The summed E-state index contributed by atoms with van der Waals surface area (Å²) in [4.78, 5) is 14.7. The van der Waals surface area contributed by atoms with Crippen molar-refractivity contribution in [3.05, 3.63) is 34.3 Å². The number of benzene rings is 1. The molecule has 1 fully saturated rings. The van der Waals surface area contributed by atoms with Crippen molar-refractivity contribution in [1.29, 1.82) is 0 Å². The number of hydrogen-bond acceptors (Lipinski definition) is 2. The van der Waals surface area contributed by atoms with Crippen molar-refractivity contribution < 1.29 is 4.79 Å². The van der Waals surface area contributed by atoms with Crippen LogP contribution in [0.1, 0.15) is 18.4 Å². The van der Waals surface area contributed by atoms with Crippen LogP contribution in [-0.2, 0) is 11.2 Å². The molecular weight excluding hydrogens is 324 g/mol. The van der Waals surface area contributed by atoms with Crippen molar-refractivity contribution in [2.24, 2.45) is 11.7 Å². The molecule has 3 nitrogen and oxygen atoms in total. The summed E-state index contributed by atoms with van der Waals surface area (Å²) in [5, 5.41) is 0. The van der Waals surface area contributed by atoms with Crippen molar-refractivity contribution in [2.45, 2.75) is 19.3 Å². The van der Waals surface area contributed by atoms with Crippen molar-refractivity contribution in [1.82, 2.24) is 4.90 Å². The summed E-state index contributed by atoms with van der Waals surface area (Å²) in [5.41, 5.74) is 6.70. The molecule has 1 aromatic rings. The van der Waals surface area contributed by atoms with Gasteiger partial charge in [0.15, 0.2) is 0 Å². The fourth-order valence-electron chi connectivity index (χ4n) is 2.30. The third-order valence-corrected chi connectivity index (χ3v) is 4.38. The fourth-order valence-corrected chi connectivity index (χ4v) is 2.80. The smallest absolute Gasteiger partial charge is 0.226 e. The zero-order chi connectivity index (χ0) is 13.8. The second-order valence-corrected chi connectivity index (χ2v) is 6.25. The van der Waals surface area contributed by atoms with Crippen LogP contribution < -0.4 is 5.73 Å². The van der Waals surface area contributed by atoms with E-state index in [-0.39, 0.29) is 5.91 Å². The van der Waals surface area contributed by atoms with Crippen LogP contribution in [0.15, 0.2) is 28.7 Å². The Balaban J connectivity index is 1.88. The van der Waals surface area contributed by atoms with E-state index in [0.717, 1.165) is 36.0 Å². The van der Waals surface area contributed by atoms with Crippen LogP contribution in [0.2, 0.25) is 0 Å². The van der Waals surface area contributed by atoms with Gasteiger partial charge in [-0.15, -0.1) is 0 Å². The molecule has 1 aliphatic heterocycles. The zero-order valence-corrected chi connectivity index (χ0v) is 13.0. The van der Waals surface area contributed by atoms with E-state index in [1.54, 1.807) is 0 Å². The van der Waals surface area contributed by atoms with Crippen LogP contribution in [0.5, 0.6) is 0 Å². The minimum Gasteiger partial charge on any atom is -0.393 e. The summed E-state index contributed by atoms with van der Waals surface area (Å²) in [7, 11) is 0. The number of halogens is 1. The minimum atomic E-state index is 0.184. The SMILES string of the molecule is NC(=S)C1CCN(C(=O)Cc2ccc(Br)cc2)CC1. The summed E-state index contributed by atoms with van der Waals surface area (Å²) in [6, 6.07) is 7.87. The van der Waals surface area contributed by atoms with Gasteiger partial charge in [0, 0.05) is 23.5 Å². The van der Waals surface area contributed by atoms with Crippen LogP contribution in [-0.4, -0.2) is 28.9 Å². The molecule has 19 heavy (non-hydrogen) atoms. The third-order valence-electron chi connectivity index (χ3n) is 3.52. The first kappa shape index (κ1) is 14.5. The molecular formula is C14H17BrN2OS. The van der Waals surface area contributed by atoms with Gasteiger partial charge < -0.3 is 10.6 Å². The van der Waals surface area contributed by atoms with Gasteiger partial charge in [0.25, 0.3) is 0 Å². The normalized spacial score (nSPS) is 16.4. The number of amides is 1. The van der Waals surface area contributed by atoms with Crippen LogP contribution in [0.3, 0.4) is 0 Å². The Morgan fingerprint density at radius 2 is 1.89 bits per heavy atom. The second-order valence-electron chi connectivity index (χ2n) is 4.86. The lowest BCUT2D eigenvalue weighted by Gasteiger charge is -2.31. The molecule has 0 radical (unpaired) electrons. The Hall–Kier alpha value is -0.940. The molecule has 1 aliphatic rings. The Morgan fingerprint density at radius 3 is 2.42 bits per heavy atom. The summed E-state index contributed by atoms with van der Waals surface area (Å²) in [6.07, 6.45) is 2.24. The van der Waals surface area contributed by atoms with Crippen molar-refractivity contribution in [2.75, 3.05) is 13.1 Å². The summed E-state index contributed by atoms with van der Waals surface area (Å²) < 4.78 is 1.03. The lowest BCUT2D eigenvalue weighted by atomic mass is 9.96. The standard InChI is InChI=1S/C14H17BrN2OS/c15-12-3-1-10(2-4-12)9-13(18)17-7-5-11(6-8-17)14(16)19/h1-4,11H,5-9H2,(H2,16,19). The molecule has 1 saturated heterocycles. The number of piperidine rings is 1. The Morgan fingerprint density at radius 1 is 1.32 bits per heavy atom. The number of likely N-dealkylation sites (tertiary alicyclic amines) is 1. The van der Waals surface area contributed by atoms with E-state index in [0.29, 0.717) is 17.3 Å². The van der Waals surface area contributed by atoms with Gasteiger partial charge in [-0.3, -0.25) is 4.79 Å². The largest absolute Gasteiger partial charge is 0.393 e. The maximum atomic E-state index is 12.2. The molecule has 0 spiro atoms. The predicted octanol–water partition coefficient (Wildman–Crippen LogP) is 2.52. The van der Waals surface area contributed by atoms with Crippen molar-refractivity contribution in [3.8, 4) is 0 Å². The summed E-state index contributed by atoms with van der Waals surface area (Å²) in [6.45, 7) is 1.52. The van der Waals surface area contributed by atoms with E-state index in [1.165, 1.54) is 0 Å². The summed E-state index contributed by atoms with van der Waals surface area (Å²) in [5.74, 6) is 0.482. The maximum absolute atomic E-state index is 12.2. The van der Waals surface area contributed by atoms with E-state index in [2.05, 4.69) is 15.9 Å². The molecule has 102 valence electrons. The first-order chi connectivity index (χ1) is 9.06. The lowest BCUT2D eigenvalue weighted by Crippen LogP contribution is -2.41. The van der Waals surface area contributed by atoms with E-state index in [4.69, 9.17) is 18.0 Å². The molecule has 0 bridgehead atoms. The number of carbonyl (C=O) groups is 1. The molecule has 0 aliphatic carbocycles. The predicted molar refractivity (Wildman–Crippen MR) is 83.9 cm³/mol. The molecule has 0 unspecified atom stereocenters. The highest BCUT2D eigenvalue weighted by atomic mass is 79.9. The van der Waals surface area contributed by atoms with Gasteiger partial charge in [-0.25, -0.2) is 0 Å². The third kappa shape index (κ3) is 4.01. The number of rotatable bonds is 3. The first-order valence-electron chi connectivity index (χ1n) is 6.38. The Labute approximate surface area is 127 Å². The van der Waals surface area contributed by atoms with Gasteiger partial charge in [0.2, 0.25) is 5.91 Å². The molecule has 2 N–H and O–H groups in total. The average Bonchev–Trinajstić information content (AvgIpc) is 2.41. The number of nitrogens with zero attached hydrogens (tertiary/aromatic N) is 1. The van der Waals surface area contributed by atoms with E-state index in [9.17, 15) is 4.79 Å². The Kier molecular flexibility index (Phi) is 4.93. The van der Waals surface area contributed by atoms with Gasteiger partial charge in [-0.2, -0.15) is 0 Å². The van der Waals surface area contributed by atoms with E-state index in [1.807, 2.05) is 29.2 Å². The molecule has 1 amide bonds. The van der Waals surface area contributed by atoms with Gasteiger partial charge in [-0.1, -0.05) is 40.3 Å². The van der Waals surface area contributed by atoms with Gasteiger partial charge in [-0.05, 0) is 30.5 Å². The topological polar surface area (TPSA) is 46.3 Å². The van der Waals surface area contributed by atoms with E-state index >= 15 is 0 Å². The molecule has 0 aromatic heterocycles. The van der Waals surface area contributed by atoms with Gasteiger partial charge in [0.1, 0.15) is 0 Å². The van der Waals surface area contributed by atoms with Crippen LogP contribution in [0.4, 0.5) is 0 Å². The van der Waals surface area contributed by atoms with Gasteiger partial charge >= 0.3 is 0 Å².